The number of nitrogen functional groups attached to an aromatic ring is 1. The van der Waals surface area contributed by atoms with Gasteiger partial charge in [0, 0.05) is 22.1 Å². The number of para-hydroxylation sites is 2. The summed E-state index contributed by atoms with van der Waals surface area (Å²) in [6.45, 7) is 12.0. The first-order valence-corrected chi connectivity index (χ1v) is 24.0. The molecule has 2 atom stereocenters. The van der Waals surface area contributed by atoms with Crippen molar-refractivity contribution in [3.05, 3.63) is 246 Å². The fourth-order valence-corrected chi connectivity index (χ4v) is 9.60. The van der Waals surface area contributed by atoms with Crippen LogP contribution in [0, 0.1) is 0 Å². The number of fused-ring (bicyclic) bond motifs is 6. The van der Waals surface area contributed by atoms with E-state index >= 15 is 0 Å². The predicted octanol–water partition coefficient (Wildman–Crippen LogP) is 16.9. The minimum Gasteiger partial charge on any atom is -0.399 e. The van der Waals surface area contributed by atoms with Gasteiger partial charge in [0.15, 0.2) is 0 Å². The van der Waals surface area contributed by atoms with Gasteiger partial charge in [0.25, 0.3) is 0 Å². The van der Waals surface area contributed by atoms with E-state index in [9.17, 15) is 0 Å². The number of allylic oxidation sites excluding steroid dienone is 13. The maximum absolute atomic E-state index is 7.02. The van der Waals surface area contributed by atoms with Crippen molar-refractivity contribution in [2.24, 2.45) is 5.73 Å². The molecule has 6 aromatic carbocycles. The highest BCUT2D eigenvalue weighted by Gasteiger charge is 2.46. The zero-order valence-electron chi connectivity index (χ0n) is 39.5. The van der Waals surface area contributed by atoms with E-state index in [1.807, 2.05) is 76.3 Å². The third kappa shape index (κ3) is 9.83. The minimum atomic E-state index is -0.263. The van der Waals surface area contributed by atoms with Gasteiger partial charge in [-0.15, -0.1) is 6.58 Å². The van der Waals surface area contributed by atoms with Gasteiger partial charge in [-0.2, -0.15) is 0 Å². The fourth-order valence-electron chi connectivity index (χ4n) is 9.60. The summed E-state index contributed by atoms with van der Waals surface area (Å²) in [6, 6.07) is 51.1. The van der Waals surface area contributed by atoms with E-state index in [-0.39, 0.29) is 11.5 Å². The molecule has 0 saturated carbocycles. The number of hydrogen-bond acceptors (Lipinski definition) is 2. The molecule has 334 valence electrons. The van der Waals surface area contributed by atoms with E-state index in [0.717, 1.165) is 67.4 Å². The van der Waals surface area contributed by atoms with Crippen LogP contribution in [0.4, 0.5) is 5.69 Å². The van der Waals surface area contributed by atoms with E-state index in [0.29, 0.717) is 0 Å². The molecule has 66 heavy (non-hydrogen) atoms. The Morgan fingerprint density at radius 1 is 0.682 bits per heavy atom. The van der Waals surface area contributed by atoms with Gasteiger partial charge in [0.1, 0.15) is 0 Å². The smallest absolute Gasteiger partial charge is 0.0604 e. The number of anilines is 1. The lowest BCUT2D eigenvalue weighted by Gasteiger charge is -2.35. The van der Waals surface area contributed by atoms with Crippen molar-refractivity contribution in [1.29, 1.82) is 0 Å². The molecule has 0 fully saturated rings. The largest absolute Gasteiger partial charge is 0.399 e. The summed E-state index contributed by atoms with van der Waals surface area (Å²) in [5.41, 5.74) is 28.3. The third-order valence-electron chi connectivity index (χ3n) is 12.8. The zero-order valence-corrected chi connectivity index (χ0v) is 39.5. The Morgan fingerprint density at radius 3 is 2.06 bits per heavy atom. The van der Waals surface area contributed by atoms with Crippen LogP contribution < -0.4 is 11.5 Å². The van der Waals surface area contributed by atoms with Gasteiger partial charge in [-0.1, -0.05) is 184 Å². The molecule has 3 aliphatic rings. The molecule has 0 amide bonds. The summed E-state index contributed by atoms with van der Waals surface area (Å²) < 4.78 is 2.46. The molecule has 1 aromatic heterocycles. The lowest BCUT2D eigenvalue weighted by Crippen LogP contribution is -2.27. The van der Waals surface area contributed by atoms with E-state index < -0.39 is 0 Å². The van der Waals surface area contributed by atoms with Crippen LogP contribution in [0.15, 0.2) is 224 Å². The Balaban J connectivity index is 0.000000439. The molecule has 0 saturated heterocycles. The third-order valence-corrected chi connectivity index (χ3v) is 12.8. The quantitative estimate of drug-likeness (QED) is 0.0817. The van der Waals surface area contributed by atoms with Crippen LogP contribution in [-0.4, -0.2) is 4.57 Å². The van der Waals surface area contributed by atoms with Crippen molar-refractivity contribution < 1.29 is 0 Å². The van der Waals surface area contributed by atoms with Gasteiger partial charge in [0.2, 0.25) is 0 Å². The monoisotopic (exact) mass is 866 g/mol. The average Bonchev–Trinajstić information content (AvgIpc) is 3.88. The molecule has 4 N–H and O–H groups in total. The highest BCUT2D eigenvalue weighted by molar-refractivity contribution is 6.17. The molecule has 2 unspecified atom stereocenters. The molecular formula is C63H67N3. The fraction of sp³-hybridized carbons (Fsp3) is 0.206. The standard InChI is InChI=1S/C51H46N2.C6H7N.C4H8.C2H6/c1-2-3-4-5-16-34-51(40-21-10-7-11-22-40)44-26-14-12-24-42(44)48-45(51)32-33-47-49(48)43-25-13-15-27-46(43)53(47)41-23-17-20-39(35-41)50(52)38-30-28-37(29-31-38)36-18-8-6-9-19-36;7-6-4-2-1-3-5-6;1-3-4-2;1-2/h2,6,8-10,12-13,15-25,27-35,50H,1,3-5,7,11,14,26,52H2;1-5H,7H2;3-4H,1-2H3;1-2H3/b;;4-3-;. The van der Waals surface area contributed by atoms with Crippen LogP contribution in [-0.2, 0) is 5.41 Å². The average molecular weight is 866 g/mol. The van der Waals surface area contributed by atoms with Gasteiger partial charge >= 0.3 is 0 Å². The molecule has 3 aliphatic carbocycles. The second-order valence-electron chi connectivity index (χ2n) is 16.8. The lowest BCUT2D eigenvalue weighted by molar-refractivity contribution is 0.706. The van der Waals surface area contributed by atoms with Crippen LogP contribution in [0.1, 0.15) is 101 Å². The summed E-state index contributed by atoms with van der Waals surface area (Å²) in [4.78, 5) is 0. The highest BCUT2D eigenvalue weighted by atomic mass is 15.0. The van der Waals surface area contributed by atoms with Gasteiger partial charge in [0.05, 0.1) is 22.5 Å². The molecule has 10 rings (SSSR count). The Hall–Kier alpha value is -6.94. The molecule has 1 heterocycles. The maximum atomic E-state index is 7.02. The van der Waals surface area contributed by atoms with Crippen molar-refractivity contribution in [2.45, 2.75) is 84.1 Å². The second-order valence-corrected chi connectivity index (χ2v) is 16.8. The van der Waals surface area contributed by atoms with Gasteiger partial charge < -0.3 is 16.0 Å². The van der Waals surface area contributed by atoms with Crippen molar-refractivity contribution in [2.75, 3.05) is 5.73 Å². The number of nitrogens with two attached hydrogens (primary N) is 2. The van der Waals surface area contributed by atoms with Gasteiger partial charge in [-0.05, 0) is 145 Å². The topological polar surface area (TPSA) is 57.0 Å². The molecule has 3 heteroatoms. The zero-order chi connectivity index (χ0) is 46.3. The summed E-state index contributed by atoms with van der Waals surface area (Å²) in [5.74, 6) is 0. The Kier molecular flexibility index (Phi) is 16.2. The Bertz CT molecular complexity index is 2900. The van der Waals surface area contributed by atoms with Crippen molar-refractivity contribution in [3.8, 4) is 16.8 Å². The van der Waals surface area contributed by atoms with E-state index in [2.05, 4.69) is 169 Å². The number of hydrogen-bond donors (Lipinski definition) is 2. The summed E-state index contributed by atoms with van der Waals surface area (Å²) in [6.07, 6.45) is 30.7. The lowest BCUT2D eigenvalue weighted by atomic mass is 9.68. The first kappa shape index (κ1) is 47.0. The van der Waals surface area contributed by atoms with Crippen LogP contribution in [0.3, 0.4) is 0 Å². The van der Waals surface area contributed by atoms with Gasteiger partial charge in [-0.25, -0.2) is 0 Å². The number of unbranched alkanes of at least 4 members (excludes halogenated alkanes) is 2. The van der Waals surface area contributed by atoms with Crippen molar-refractivity contribution in [3.63, 3.8) is 0 Å². The Labute approximate surface area is 394 Å². The molecule has 0 bridgehead atoms. The van der Waals surface area contributed by atoms with E-state index in [1.165, 1.54) is 55.2 Å². The first-order valence-electron chi connectivity index (χ1n) is 24.0. The molecule has 0 radical (unpaired) electrons. The van der Waals surface area contributed by atoms with Crippen LogP contribution in [0.25, 0.3) is 44.2 Å². The SMILES string of the molecule is C/C=C\C.C=CCCCC=CC1(C2=CCCC=C2)C2=C(C=CCC2)c2c1ccc1c2c2ccccc2n1-c1cccc(C(N)c2ccc(-c3ccccc3)cc2)c1.CC.Nc1ccccc1. The number of aromatic nitrogens is 1. The van der Waals surface area contributed by atoms with Crippen LogP contribution in [0.2, 0.25) is 0 Å². The predicted molar refractivity (Wildman–Crippen MR) is 288 cm³/mol. The normalized spacial score (nSPS) is 16.4. The molecule has 0 spiro atoms. The van der Waals surface area contributed by atoms with Crippen LogP contribution in [0.5, 0.6) is 0 Å². The van der Waals surface area contributed by atoms with Crippen molar-refractivity contribution >= 4 is 33.1 Å². The molecule has 0 aliphatic heterocycles. The summed E-state index contributed by atoms with van der Waals surface area (Å²) in [5, 5.41) is 2.63. The van der Waals surface area contributed by atoms with Crippen LogP contribution >= 0.6 is 0 Å². The minimum absolute atomic E-state index is 0.243. The Morgan fingerprint density at radius 2 is 1.38 bits per heavy atom. The molecular weight excluding hydrogens is 799 g/mol. The molecule has 7 aromatic rings. The van der Waals surface area contributed by atoms with Gasteiger partial charge in [-0.3, -0.25) is 0 Å². The number of nitrogens with zero attached hydrogens (tertiary/aromatic N) is 1. The summed E-state index contributed by atoms with van der Waals surface area (Å²) >= 11 is 0. The highest BCUT2D eigenvalue weighted by Crippen LogP contribution is 2.58. The van der Waals surface area contributed by atoms with E-state index in [1.54, 1.807) is 5.57 Å². The summed E-state index contributed by atoms with van der Waals surface area (Å²) in [7, 11) is 0. The second kappa shape index (κ2) is 22.8. The van der Waals surface area contributed by atoms with Crippen molar-refractivity contribution in [1.82, 2.24) is 4.57 Å². The maximum Gasteiger partial charge on any atom is 0.0604 e. The van der Waals surface area contributed by atoms with E-state index in [4.69, 9.17) is 11.5 Å². The first-order chi connectivity index (χ1) is 32.5. The number of benzene rings is 6. The molecule has 3 nitrogen and oxygen atoms in total. The number of rotatable bonds is 10.